The summed E-state index contributed by atoms with van der Waals surface area (Å²) in [6, 6.07) is 13.1. The minimum absolute atomic E-state index is 0.224. The molecule has 9 heteroatoms. The third-order valence-electron chi connectivity index (χ3n) is 4.74. The van der Waals surface area contributed by atoms with E-state index < -0.39 is 12.0 Å². The molecule has 0 radical (unpaired) electrons. The third kappa shape index (κ3) is 6.20. The molecule has 3 N–H and O–H groups in total. The lowest BCUT2D eigenvalue weighted by Gasteiger charge is -2.34. The number of primary amides is 1. The summed E-state index contributed by atoms with van der Waals surface area (Å²) in [6.45, 7) is 3.09. The van der Waals surface area contributed by atoms with Gasteiger partial charge in [-0.25, -0.2) is 9.59 Å². The number of hydrogen-bond donors (Lipinski definition) is 2. The van der Waals surface area contributed by atoms with Gasteiger partial charge in [-0.1, -0.05) is 23.7 Å². The lowest BCUT2D eigenvalue weighted by atomic mass is 10.2. The third-order valence-corrected chi connectivity index (χ3v) is 4.97. The van der Waals surface area contributed by atoms with E-state index >= 15 is 0 Å². The molecular formula is C21H23ClN4O4. The first-order valence-electron chi connectivity index (χ1n) is 9.49. The maximum Gasteiger partial charge on any atom is 0.338 e. The minimum atomic E-state index is -0.691. The molecule has 158 valence electrons. The zero-order chi connectivity index (χ0) is 21.5. The normalized spacial score (nSPS) is 14.2. The summed E-state index contributed by atoms with van der Waals surface area (Å²) in [6.07, 6.45) is 0. The van der Waals surface area contributed by atoms with Crippen molar-refractivity contribution in [3.63, 3.8) is 0 Å². The molecule has 0 atom stereocenters. The van der Waals surface area contributed by atoms with Crippen LogP contribution in [0.25, 0.3) is 0 Å². The highest BCUT2D eigenvalue weighted by atomic mass is 35.5. The van der Waals surface area contributed by atoms with Gasteiger partial charge in [-0.15, -0.1) is 0 Å². The lowest BCUT2D eigenvalue weighted by molar-refractivity contribution is -0.136. The van der Waals surface area contributed by atoms with Gasteiger partial charge < -0.3 is 20.7 Å². The molecule has 1 fully saturated rings. The molecule has 30 heavy (non-hydrogen) atoms. The smallest absolute Gasteiger partial charge is 0.338 e. The molecule has 0 bridgehead atoms. The van der Waals surface area contributed by atoms with Crippen molar-refractivity contribution in [3.8, 4) is 0 Å². The topological polar surface area (TPSA) is 105 Å². The number of ether oxygens (including phenoxy) is 1. The fourth-order valence-corrected chi connectivity index (χ4v) is 3.40. The molecule has 0 saturated carbocycles. The second-order valence-electron chi connectivity index (χ2n) is 6.93. The van der Waals surface area contributed by atoms with Crippen LogP contribution in [0.4, 0.5) is 10.5 Å². The number of nitrogens with two attached hydrogens (primary N) is 1. The number of benzene rings is 2. The Morgan fingerprint density at radius 2 is 1.73 bits per heavy atom. The molecule has 0 spiro atoms. The van der Waals surface area contributed by atoms with Gasteiger partial charge in [-0.3, -0.25) is 9.69 Å². The summed E-state index contributed by atoms with van der Waals surface area (Å²) < 4.78 is 5.13. The Bertz CT molecular complexity index is 911. The van der Waals surface area contributed by atoms with Gasteiger partial charge in [0.25, 0.3) is 5.91 Å². The number of amides is 3. The van der Waals surface area contributed by atoms with E-state index in [1.807, 2.05) is 24.3 Å². The molecule has 3 amide bonds. The maximum absolute atomic E-state index is 12.4. The van der Waals surface area contributed by atoms with Crippen LogP contribution in [0.15, 0.2) is 48.5 Å². The minimum Gasteiger partial charge on any atom is -0.452 e. The van der Waals surface area contributed by atoms with Crippen molar-refractivity contribution in [2.75, 3.05) is 38.1 Å². The summed E-state index contributed by atoms with van der Waals surface area (Å²) >= 11 is 6.02. The van der Waals surface area contributed by atoms with Crippen LogP contribution in [0.1, 0.15) is 15.9 Å². The zero-order valence-corrected chi connectivity index (χ0v) is 17.1. The summed E-state index contributed by atoms with van der Waals surface area (Å²) in [5.41, 5.74) is 6.91. The maximum atomic E-state index is 12.4. The van der Waals surface area contributed by atoms with Crippen LogP contribution in [-0.2, 0) is 16.1 Å². The summed E-state index contributed by atoms with van der Waals surface area (Å²) in [4.78, 5) is 39.3. The van der Waals surface area contributed by atoms with E-state index in [1.54, 1.807) is 4.90 Å². The number of nitrogens with one attached hydrogen (secondary N) is 1. The van der Waals surface area contributed by atoms with Crippen molar-refractivity contribution >= 4 is 35.2 Å². The van der Waals surface area contributed by atoms with Gasteiger partial charge in [0.1, 0.15) is 0 Å². The molecule has 0 aliphatic carbocycles. The van der Waals surface area contributed by atoms with E-state index in [4.69, 9.17) is 22.1 Å². The Kier molecular flexibility index (Phi) is 7.26. The molecule has 8 nitrogen and oxygen atoms in total. The van der Waals surface area contributed by atoms with Crippen LogP contribution in [0.2, 0.25) is 5.02 Å². The number of halogens is 1. The number of rotatable bonds is 6. The second-order valence-corrected chi connectivity index (χ2v) is 7.37. The summed E-state index contributed by atoms with van der Waals surface area (Å²) in [5, 5.41) is 3.11. The SMILES string of the molecule is NC(=O)Nc1ccc(C(=O)OCC(=O)N2CCN(Cc3cccc(Cl)c3)CC2)cc1. The fraction of sp³-hybridized carbons (Fsp3) is 0.286. The largest absolute Gasteiger partial charge is 0.452 e. The molecule has 2 aromatic carbocycles. The highest BCUT2D eigenvalue weighted by molar-refractivity contribution is 6.30. The van der Waals surface area contributed by atoms with Gasteiger partial charge in [-0.2, -0.15) is 0 Å². The Morgan fingerprint density at radius 1 is 1.03 bits per heavy atom. The first-order valence-corrected chi connectivity index (χ1v) is 9.87. The average Bonchev–Trinajstić information content (AvgIpc) is 2.72. The number of piperazine rings is 1. The standard InChI is InChI=1S/C21H23ClN4O4/c22-17-3-1-2-15(12-17)13-25-8-10-26(11-9-25)19(27)14-30-20(28)16-4-6-18(7-5-16)24-21(23)29/h1-7,12H,8-11,13-14H2,(H3,23,24,29). The predicted octanol–water partition coefficient (Wildman–Crippen LogP) is 2.33. The molecular weight excluding hydrogens is 408 g/mol. The number of urea groups is 1. The molecule has 1 saturated heterocycles. The Hall–Kier alpha value is -3.10. The van der Waals surface area contributed by atoms with E-state index in [2.05, 4.69) is 10.2 Å². The Morgan fingerprint density at radius 3 is 2.37 bits per heavy atom. The molecule has 1 aliphatic heterocycles. The van der Waals surface area contributed by atoms with E-state index in [0.717, 1.165) is 25.2 Å². The second kappa shape index (κ2) is 10.1. The number of nitrogens with zero attached hydrogens (tertiary/aromatic N) is 2. The number of anilines is 1. The van der Waals surface area contributed by atoms with Crippen molar-refractivity contribution in [3.05, 3.63) is 64.7 Å². The van der Waals surface area contributed by atoms with Crippen LogP contribution in [0.5, 0.6) is 0 Å². The zero-order valence-electron chi connectivity index (χ0n) is 16.3. The summed E-state index contributed by atoms with van der Waals surface area (Å²) in [7, 11) is 0. The van der Waals surface area contributed by atoms with E-state index in [-0.39, 0.29) is 18.1 Å². The first-order chi connectivity index (χ1) is 14.4. The lowest BCUT2D eigenvalue weighted by Crippen LogP contribution is -2.49. The monoisotopic (exact) mass is 430 g/mol. The average molecular weight is 431 g/mol. The van der Waals surface area contributed by atoms with E-state index in [1.165, 1.54) is 24.3 Å². The predicted molar refractivity (Wildman–Crippen MR) is 113 cm³/mol. The fourth-order valence-electron chi connectivity index (χ4n) is 3.18. The van der Waals surface area contributed by atoms with Gasteiger partial charge in [0.05, 0.1) is 5.56 Å². The van der Waals surface area contributed by atoms with E-state index in [0.29, 0.717) is 23.8 Å². The van der Waals surface area contributed by atoms with Crippen LogP contribution in [-0.4, -0.2) is 60.5 Å². The van der Waals surface area contributed by atoms with Gasteiger partial charge in [0.15, 0.2) is 6.61 Å². The van der Waals surface area contributed by atoms with Crippen molar-refractivity contribution in [1.29, 1.82) is 0 Å². The van der Waals surface area contributed by atoms with Crippen LogP contribution in [0, 0.1) is 0 Å². The quantitative estimate of drug-likeness (QED) is 0.684. The molecule has 1 aliphatic rings. The molecule has 3 rings (SSSR count). The molecule has 2 aromatic rings. The molecule has 0 unspecified atom stereocenters. The van der Waals surface area contributed by atoms with Crippen LogP contribution >= 0.6 is 11.6 Å². The molecule has 0 aromatic heterocycles. The highest BCUT2D eigenvalue weighted by Gasteiger charge is 2.22. The van der Waals surface area contributed by atoms with Crippen molar-refractivity contribution in [2.24, 2.45) is 5.73 Å². The number of carbonyl (C=O) groups is 3. The van der Waals surface area contributed by atoms with Gasteiger partial charge in [0, 0.05) is 43.4 Å². The first kappa shape index (κ1) is 21.6. The van der Waals surface area contributed by atoms with E-state index in [9.17, 15) is 14.4 Å². The highest BCUT2D eigenvalue weighted by Crippen LogP contribution is 2.14. The Balaban J connectivity index is 1.42. The number of hydrogen-bond acceptors (Lipinski definition) is 5. The van der Waals surface area contributed by atoms with Crippen molar-refractivity contribution in [1.82, 2.24) is 9.80 Å². The molecule has 1 heterocycles. The van der Waals surface area contributed by atoms with Crippen LogP contribution in [0.3, 0.4) is 0 Å². The number of carbonyl (C=O) groups excluding carboxylic acids is 3. The van der Waals surface area contributed by atoms with Crippen molar-refractivity contribution in [2.45, 2.75) is 6.54 Å². The van der Waals surface area contributed by atoms with Gasteiger partial charge >= 0.3 is 12.0 Å². The number of esters is 1. The van der Waals surface area contributed by atoms with Crippen LogP contribution < -0.4 is 11.1 Å². The Labute approximate surface area is 179 Å². The summed E-state index contributed by atoms with van der Waals surface area (Å²) in [5.74, 6) is -0.827. The van der Waals surface area contributed by atoms with Gasteiger partial charge in [-0.05, 0) is 42.0 Å². The van der Waals surface area contributed by atoms with Crippen molar-refractivity contribution < 1.29 is 19.1 Å². The van der Waals surface area contributed by atoms with Gasteiger partial charge in [0.2, 0.25) is 0 Å².